The van der Waals surface area contributed by atoms with Crippen molar-refractivity contribution in [3.05, 3.63) is 58.7 Å². The van der Waals surface area contributed by atoms with Crippen molar-refractivity contribution in [2.45, 2.75) is 0 Å². The van der Waals surface area contributed by atoms with E-state index in [9.17, 15) is 9.18 Å². The van der Waals surface area contributed by atoms with E-state index in [0.29, 0.717) is 28.4 Å². The van der Waals surface area contributed by atoms with E-state index in [0.717, 1.165) is 0 Å². The van der Waals surface area contributed by atoms with Crippen LogP contribution in [0.3, 0.4) is 0 Å². The molecule has 3 aromatic rings. The van der Waals surface area contributed by atoms with Crippen molar-refractivity contribution in [3.8, 4) is 11.5 Å². The van der Waals surface area contributed by atoms with Gasteiger partial charge < -0.3 is 9.73 Å². The summed E-state index contributed by atoms with van der Waals surface area (Å²) in [6, 6.07) is 11.0. The van der Waals surface area contributed by atoms with Crippen LogP contribution in [0.4, 0.5) is 15.8 Å². The van der Waals surface area contributed by atoms with Gasteiger partial charge >= 0.3 is 0 Å². The molecule has 6 nitrogen and oxygen atoms in total. The molecule has 0 saturated heterocycles. The number of carbonyl (C=O) groups excluding carboxylic acids is 1. The number of nitrogens with one attached hydrogen (secondary N) is 2. The van der Waals surface area contributed by atoms with Gasteiger partial charge in [0, 0.05) is 11.1 Å². The van der Waals surface area contributed by atoms with Crippen LogP contribution in [0.1, 0.15) is 5.56 Å². The molecule has 2 N–H and O–H groups in total. The first-order valence-corrected chi connectivity index (χ1v) is 7.37. The highest BCUT2D eigenvalue weighted by Crippen LogP contribution is 2.27. The lowest BCUT2D eigenvalue weighted by atomic mass is 10.1. The van der Waals surface area contributed by atoms with Crippen molar-refractivity contribution in [2.24, 2.45) is 4.99 Å². The molecule has 0 radical (unpaired) electrons. The number of H-pyrrole nitrogens is 1. The minimum atomic E-state index is -0.423. The number of aromatic nitrogens is 2. The minimum absolute atomic E-state index is 0.176. The number of hydrogen-bond acceptors (Lipinski definition) is 5. The van der Waals surface area contributed by atoms with Crippen molar-refractivity contribution < 1.29 is 13.6 Å². The topological polar surface area (TPSA) is 83.3 Å². The summed E-state index contributed by atoms with van der Waals surface area (Å²) < 4.78 is 18.6. The predicted molar refractivity (Wildman–Crippen MR) is 88.4 cm³/mol. The maximum absolute atomic E-state index is 13.4. The Labute approximate surface area is 140 Å². The number of anilines is 1. The highest BCUT2D eigenvalue weighted by Gasteiger charge is 2.26. The molecular weight excluding hydrogens is 331 g/mol. The Morgan fingerprint density at radius 3 is 2.67 bits per heavy atom. The first-order valence-electron chi connectivity index (χ1n) is 6.96. The third kappa shape index (κ3) is 2.52. The second-order valence-electron chi connectivity index (χ2n) is 5.07. The zero-order chi connectivity index (χ0) is 16.7. The van der Waals surface area contributed by atoms with Crippen molar-refractivity contribution >= 4 is 35.2 Å². The molecule has 1 amide bonds. The summed E-state index contributed by atoms with van der Waals surface area (Å²) in [6.07, 6.45) is 0. The molecule has 0 aliphatic carbocycles. The van der Waals surface area contributed by atoms with Gasteiger partial charge in [0.15, 0.2) is 0 Å². The zero-order valence-corrected chi connectivity index (χ0v) is 12.9. The Morgan fingerprint density at radius 1 is 1.17 bits per heavy atom. The summed E-state index contributed by atoms with van der Waals surface area (Å²) in [4.78, 5) is 16.5. The van der Waals surface area contributed by atoms with Crippen molar-refractivity contribution in [1.29, 1.82) is 0 Å². The minimum Gasteiger partial charge on any atom is -0.409 e. The molecule has 0 atom stereocenters. The van der Waals surface area contributed by atoms with Crippen molar-refractivity contribution in [2.75, 3.05) is 5.32 Å². The Kier molecular flexibility index (Phi) is 3.31. The second-order valence-corrected chi connectivity index (χ2v) is 5.44. The number of hydrogen-bond donors (Lipinski definition) is 2. The molecule has 2 heterocycles. The Bertz CT molecular complexity index is 1040. The van der Waals surface area contributed by atoms with Gasteiger partial charge in [-0.25, -0.2) is 14.5 Å². The van der Waals surface area contributed by atoms with E-state index in [1.165, 1.54) is 18.2 Å². The summed E-state index contributed by atoms with van der Waals surface area (Å²) in [5.41, 5.74) is 2.44. The summed E-state index contributed by atoms with van der Waals surface area (Å²) in [7, 11) is 0. The van der Waals surface area contributed by atoms with Gasteiger partial charge in [-0.05, 0) is 54.7 Å². The first kappa shape index (κ1) is 14.5. The first-order chi connectivity index (χ1) is 11.6. The second kappa shape index (κ2) is 5.50. The normalized spacial score (nSPS) is 14.7. The zero-order valence-electron chi connectivity index (χ0n) is 12.0. The van der Waals surface area contributed by atoms with E-state index in [1.807, 2.05) is 0 Å². The number of carbonyl (C=O) groups is 1. The number of benzene rings is 2. The lowest BCUT2D eigenvalue weighted by Gasteiger charge is -1.99. The number of amides is 1. The fourth-order valence-electron chi connectivity index (χ4n) is 2.40. The Morgan fingerprint density at radius 2 is 1.96 bits per heavy atom. The fraction of sp³-hybridized carbons (Fsp3) is 0. The van der Waals surface area contributed by atoms with Gasteiger partial charge in [0.2, 0.25) is 5.89 Å². The van der Waals surface area contributed by atoms with E-state index in [4.69, 9.17) is 16.6 Å². The van der Waals surface area contributed by atoms with Gasteiger partial charge in [-0.2, -0.15) is 0 Å². The van der Waals surface area contributed by atoms with E-state index in [1.54, 1.807) is 24.3 Å². The monoisotopic (exact) mass is 340 g/mol. The molecule has 118 valence electrons. The molecule has 0 saturated carbocycles. The largest absolute Gasteiger partial charge is 0.409 e. The van der Waals surface area contributed by atoms with E-state index >= 15 is 0 Å². The number of rotatable bonds is 2. The number of fused-ring (bicyclic) bond motifs is 1. The van der Waals surface area contributed by atoms with Gasteiger partial charge in [-0.3, -0.25) is 4.79 Å². The molecular formula is C16H9FN4O2S. The highest BCUT2D eigenvalue weighted by molar-refractivity contribution is 7.71. The summed E-state index contributed by atoms with van der Waals surface area (Å²) in [5, 5.41) is 9.14. The third-order valence-corrected chi connectivity index (χ3v) is 3.67. The Balaban J connectivity index is 1.70. The van der Waals surface area contributed by atoms with Crippen LogP contribution in [0.5, 0.6) is 0 Å². The number of aliphatic imine (C=N–C) groups is 1. The van der Waals surface area contributed by atoms with Crippen LogP contribution >= 0.6 is 12.2 Å². The Hall–Kier alpha value is -3.13. The van der Waals surface area contributed by atoms with Crippen LogP contribution in [0, 0.1) is 10.7 Å². The molecule has 1 aromatic heterocycles. The standard InChI is InChI=1S/C16H9FN4O2S/c17-9-3-6-12-11(7-9)13(14(22)19-12)18-10-4-1-8(2-5-10)15-20-21-16(24)23-15/h1-7H,(H,21,24)(H,18,19,22). The molecule has 8 heteroatoms. The molecule has 0 fully saturated rings. The molecule has 2 aromatic carbocycles. The van der Waals surface area contributed by atoms with Gasteiger partial charge in [-0.1, -0.05) is 0 Å². The quantitative estimate of drug-likeness (QED) is 0.698. The summed E-state index contributed by atoms with van der Waals surface area (Å²) in [6.45, 7) is 0. The average molecular weight is 340 g/mol. The molecule has 0 bridgehead atoms. The van der Waals surface area contributed by atoms with Crippen LogP contribution in [-0.4, -0.2) is 21.8 Å². The van der Waals surface area contributed by atoms with E-state index < -0.39 is 5.82 Å². The van der Waals surface area contributed by atoms with Crippen LogP contribution in [-0.2, 0) is 4.79 Å². The molecule has 1 aliphatic heterocycles. The van der Waals surface area contributed by atoms with Gasteiger partial charge in [0.05, 0.1) is 11.4 Å². The maximum Gasteiger partial charge on any atom is 0.284 e. The summed E-state index contributed by atoms with van der Waals surface area (Å²) >= 11 is 4.83. The summed E-state index contributed by atoms with van der Waals surface area (Å²) in [5.74, 6) is -0.420. The van der Waals surface area contributed by atoms with Gasteiger partial charge in [0.1, 0.15) is 11.5 Å². The molecule has 0 unspecified atom stereocenters. The maximum atomic E-state index is 13.4. The van der Waals surface area contributed by atoms with Gasteiger partial charge in [-0.15, -0.1) is 5.10 Å². The lowest BCUT2D eigenvalue weighted by molar-refractivity contribution is -0.110. The number of nitrogens with zero attached hydrogens (tertiary/aromatic N) is 2. The molecule has 0 spiro atoms. The molecule has 4 rings (SSSR count). The van der Waals surface area contributed by atoms with E-state index in [2.05, 4.69) is 20.5 Å². The van der Waals surface area contributed by atoms with Crippen LogP contribution < -0.4 is 5.32 Å². The van der Waals surface area contributed by atoms with E-state index in [-0.39, 0.29) is 16.5 Å². The third-order valence-electron chi connectivity index (χ3n) is 3.49. The lowest BCUT2D eigenvalue weighted by Crippen LogP contribution is -2.13. The highest BCUT2D eigenvalue weighted by atomic mass is 32.1. The van der Waals surface area contributed by atoms with Gasteiger partial charge in [0.25, 0.3) is 10.7 Å². The average Bonchev–Trinajstić information content (AvgIpc) is 3.13. The van der Waals surface area contributed by atoms with Crippen molar-refractivity contribution in [1.82, 2.24) is 10.2 Å². The van der Waals surface area contributed by atoms with Crippen LogP contribution in [0.15, 0.2) is 51.9 Å². The molecule has 24 heavy (non-hydrogen) atoms. The predicted octanol–water partition coefficient (Wildman–Crippen LogP) is 3.61. The number of halogens is 1. The number of aromatic amines is 1. The molecule has 1 aliphatic rings. The van der Waals surface area contributed by atoms with Crippen LogP contribution in [0.25, 0.3) is 11.5 Å². The smallest absolute Gasteiger partial charge is 0.284 e. The van der Waals surface area contributed by atoms with Crippen molar-refractivity contribution in [3.63, 3.8) is 0 Å². The fourth-order valence-corrected chi connectivity index (χ4v) is 2.52. The van der Waals surface area contributed by atoms with Crippen LogP contribution in [0.2, 0.25) is 0 Å². The SMILES string of the molecule is O=C1Nc2ccc(F)cc2C1=Nc1ccc(-c2n[nH]c(=S)o2)cc1.